The molecular formula is C30H28Cl2F3N5O3. The number of amidine groups is 1. The van der Waals surface area contributed by atoms with E-state index in [1.165, 1.54) is 11.0 Å². The second-order valence-corrected chi connectivity index (χ2v) is 10.8. The SMILES string of the molecule is CCOc1cc(C(F)(F)F)ccc1C1=NC(c2ccc(Cl)cc2)C(c2ccc(Cl)cc2)N1C(=O)NCCN1CCNC1=O. The molecule has 4 amide bonds. The molecule has 2 aliphatic heterocycles. The third kappa shape index (κ3) is 6.67. The third-order valence-electron chi connectivity index (χ3n) is 7.16. The molecule has 0 radical (unpaired) electrons. The number of carbonyl (C=O) groups excluding carboxylic acids is 2. The van der Waals surface area contributed by atoms with Crippen molar-refractivity contribution in [2.75, 3.05) is 32.8 Å². The van der Waals surface area contributed by atoms with Crippen molar-refractivity contribution in [1.82, 2.24) is 20.4 Å². The van der Waals surface area contributed by atoms with E-state index in [0.717, 1.165) is 17.7 Å². The average Bonchev–Trinajstić information content (AvgIpc) is 3.57. The van der Waals surface area contributed by atoms with Crippen molar-refractivity contribution < 1.29 is 27.5 Å². The number of urea groups is 2. The number of halogens is 5. The number of hydrogen-bond acceptors (Lipinski definition) is 4. The van der Waals surface area contributed by atoms with E-state index in [4.69, 9.17) is 32.9 Å². The Hall–Kier alpha value is -3.96. The molecule has 5 rings (SSSR count). The summed E-state index contributed by atoms with van der Waals surface area (Å²) >= 11 is 12.3. The molecule has 0 bridgehead atoms. The van der Waals surface area contributed by atoms with Gasteiger partial charge in [-0.2, -0.15) is 13.2 Å². The molecule has 0 aliphatic carbocycles. The van der Waals surface area contributed by atoms with Crippen LogP contribution in [0.3, 0.4) is 0 Å². The maximum absolute atomic E-state index is 14.0. The zero-order valence-corrected chi connectivity index (χ0v) is 24.5. The van der Waals surface area contributed by atoms with Crippen molar-refractivity contribution in [3.63, 3.8) is 0 Å². The van der Waals surface area contributed by atoms with Crippen LogP contribution in [0.15, 0.2) is 71.7 Å². The number of carbonyl (C=O) groups is 2. The number of aliphatic imine (C=N–C) groups is 1. The Labute approximate surface area is 256 Å². The van der Waals surface area contributed by atoms with E-state index < -0.39 is 29.9 Å². The van der Waals surface area contributed by atoms with E-state index in [-0.39, 0.29) is 42.9 Å². The number of nitrogens with zero attached hydrogens (tertiary/aromatic N) is 3. The van der Waals surface area contributed by atoms with Crippen LogP contribution in [0, 0.1) is 0 Å². The van der Waals surface area contributed by atoms with Gasteiger partial charge in [0.25, 0.3) is 0 Å². The van der Waals surface area contributed by atoms with Gasteiger partial charge in [-0.15, -0.1) is 0 Å². The second kappa shape index (κ2) is 12.7. The quantitative estimate of drug-likeness (QED) is 0.290. The van der Waals surface area contributed by atoms with Crippen LogP contribution in [0.5, 0.6) is 5.75 Å². The first-order chi connectivity index (χ1) is 20.6. The normalized spacial score (nSPS) is 18.5. The highest BCUT2D eigenvalue weighted by Crippen LogP contribution is 2.45. The van der Waals surface area contributed by atoms with Crippen LogP contribution in [0.4, 0.5) is 22.8 Å². The number of benzene rings is 3. The summed E-state index contributed by atoms with van der Waals surface area (Å²) in [6.07, 6.45) is -4.60. The van der Waals surface area contributed by atoms with Gasteiger partial charge in [-0.3, -0.25) is 9.89 Å². The number of amides is 4. The number of nitrogens with one attached hydrogen (secondary N) is 2. The van der Waals surface area contributed by atoms with E-state index in [1.54, 1.807) is 60.4 Å². The van der Waals surface area contributed by atoms with Gasteiger partial charge in [-0.1, -0.05) is 47.5 Å². The van der Waals surface area contributed by atoms with Crippen molar-refractivity contribution in [3.05, 3.63) is 99.0 Å². The minimum atomic E-state index is -4.60. The molecule has 43 heavy (non-hydrogen) atoms. The van der Waals surface area contributed by atoms with Crippen LogP contribution in [0.2, 0.25) is 10.0 Å². The minimum Gasteiger partial charge on any atom is -0.493 e. The first-order valence-corrected chi connectivity index (χ1v) is 14.4. The molecule has 2 aliphatic rings. The smallest absolute Gasteiger partial charge is 0.416 e. The highest BCUT2D eigenvalue weighted by Gasteiger charge is 2.43. The standard InChI is InChI=1S/C30H28Cl2F3N5O3/c1-2-43-24-17-20(30(33,34)35)7-12-23(24)27-38-25(18-3-8-21(31)9-4-18)26(19-5-10-22(32)11-6-19)40(27)29(42)37-14-16-39-15-13-36-28(39)41/h3-12,17,25-26H,2,13-16H2,1H3,(H,36,41)(H,37,42). The molecule has 2 atom stereocenters. The summed E-state index contributed by atoms with van der Waals surface area (Å²) < 4.78 is 46.6. The van der Waals surface area contributed by atoms with Crippen molar-refractivity contribution in [3.8, 4) is 5.75 Å². The molecule has 1 saturated heterocycles. The molecule has 2 heterocycles. The predicted octanol–water partition coefficient (Wildman–Crippen LogP) is 6.69. The Morgan fingerprint density at radius 3 is 2.28 bits per heavy atom. The van der Waals surface area contributed by atoms with Crippen LogP contribution >= 0.6 is 23.2 Å². The van der Waals surface area contributed by atoms with Crippen molar-refractivity contribution in [2.45, 2.75) is 25.2 Å². The molecule has 0 saturated carbocycles. The maximum Gasteiger partial charge on any atom is 0.416 e. The lowest BCUT2D eigenvalue weighted by Crippen LogP contribution is -2.46. The fraction of sp³-hybridized carbons (Fsp3) is 0.300. The molecule has 13 heteroatoms. The van der Waals surface area contributed by atoms with E-state index in [9.17, 15) is 22.8 Å². The summed E-state index contributed by atoms with van der Waals surface area (Å²) in [5.74, 6) is 0.0720. The lowest BCUT2D eigenvalue weighted by molar-refractivity contribution is -0.137. The molecule has 3 aromatic rings. The largest absolute Gasteiger partial charge is 0.493 e. The summed E-state index contributed by atoms with van der Waals surface area (Å²) in [6, 6.07) is 14.9. The first kappa shape index (κ1) is 30.5. The van der Waals surface area contributed by atoms with Gasteiger partial charge in [0, 0.05) is 36.2 Å². The Morgan fingerprint density at radius 2 is 1.70 bits per heavy atom. The summed E-state index contributed by atoms with van der Waals surface area (Å²) in [4.78, 5) is 33.9. The number of alkyl halides is 3. The molecule has 1 fully saturated rings. The highest BCUT2D eigenvalue weighted by molar-refractivity contribution is 6.30. The molecular weight excluding hydrogens is 606 g/mol. The van der Waals surface area contributed by atoms with Crippen LogP contribution in [-0.4, -0.2) is 60.5 Å². The molecule has 0 spiro atoms. The zero-order chi connectivity index (χ0) is 30.7. The Kier molecular flexibility index (Phi) is 9.03. The number of rotatable bonds is 8. The van der Waals surface area contributed by atoms with Crippen LogP contribution < -0.4 is 15.4 Å². The van der Waals surface area contributed by atoms with Crippen LogP contribution in [0.1, 0.15) is 41.3 Å². The van der Waals surface area contributed by atoms with E-state index in [2.05, 4.69) is 10.6 Å². The van der Waals surface area contributed by atoms with Gasteiger partial charge in [0.05, 0.1) is 23.8 Å². The van der Waals surface area contributed by atoms with Crippen molar-refractivity contribution in [1.29, 1.82) is 0 Å². The van der Waals surface area contributed by atoms with Gasteiger partial charge in [0.1, 0.15) is 17.6 Å². The summed E-state index contributed by atoms with van der Waals surface area (Å²) in [5.41, 5.74) is 0.763. The Bertz CT molecular complexity index is 1520. The highest BCUT2D eigenvalue weighted by atomic mass is 35.5. The molecule has 8 nitrogen and oxygen atoms in total. The lowest BCUT2D eigenvalue weighted by atomic mass is 9.94. The second-order valence-electron chi connectivity index (χ2n) is 9.91. The maximum atomic E-state index is 14.0. The molecule has 226 valence electrons. The van der Waals surface area contributed by atoms with Crippen LogP contribution in [-0.2, 0) is 6.18 Å². The number of ether oxygens (including phenoxy) is 1. The van der Waals surface area contributed by atoms with E-state index >= 15 is 0 Å². The Morgan fingerprint density at radius 1 is 1.05 bits per heavy atom. The molecule has 2 unspecified atom stereocenters. The van der Waals surface area contributed by atoms with E-state index in [0.29, 0.717) is 28.7 Å². The van der Waals surface area contributed by atoms with Gasteiger partial charge in [-0.05, 0) is 60.5 Å². The molecule has 3 aromatic carbocycles. The van der Waals surface area contributed by atoms with Gasteiger partial charge in [-0.25, -0.2) is 9.59 Å². The fourth-order valence-corrected chi connectivity index (χ4v) is 5.39. The monoisotopic (exact) mass is 633 g/mol. The predicted molar refractivity (Wildman–Crippen MR) is 158 cm³/mol. The fourth-order valence-electron chi connectivity index (χ4n) is 5.13. The minimum absolute atomic E-state index is 0.0609. The first-order valence-electron chi connectivity index (χ1n) is 13.6. The van der Waals surface area contributed by atoms with Gasteiger partial charge < -0.3 is 20.3 Å². The summed E-state index contributed by atoms with van der Waals surface area (Å²) in [6.45, 7) is 3.19. The topological polar surface area (TPSA) is 86.3 Å². The van der Waals surface area contributed by atoms with Crippen molar-refractivity contribution >= 4 is 41.1 Å². The van der Waals surface area contributed by atoms with Gasteiger partial charge in [0.2, 0.25) is 0 Å². The summed E-state index contributed by atoms with van der Waals surface area (Å²) in [7, 11) is 0. The van der Waals surface area contributed by atoms with Gasteiger partial charge >= 0.3 is 18.2 Å². The third-order valence-corrected chi connectivity index (χ3v) is 7.67. The van der Waals surface area contributed by atoms with E-state index in [1.807, 2.05) is 0 Å². The molecule has 2 N–H and O–H groups in total. The van der Waals surface area contributed by atoms with Crippen molar-refractivity contribution in [2.24, 2.45) is 4.99 Å². The lowest BCUT2D eigenvalue weighted by Gasteiger charge is -2.30. The zero-order valence-electron chi connectivity index (χ0n) is 23.0. The van der Waals surface area contributed by atoms with Crippen LogP contribution in [0.25, 0.3) is 0 Å². The summed E-state index contributed by atoms with van der Waals surface area (Å²) in [5, 5.41) is 6.59. The average molecular weight is 634 g/mol. The van der Waals surface area contributed by atoms with Gasteiger partial charge in [0.15, 0.2) is 0 Å². The molecule has 0 aromatic heterocycles. The Balaban J connectivity index is 1.60. The number of hydrogen-bond donors (Lipinski definition) is 2.